The van der Waals surface area contributed by atoms with E-state index in [4.69, 9.17) is 27.9 Å². The van der Waals surface area contributed by atoms with Crippen LogP contribution in [-0.2, 0) is 15.0 Å². The maximum absolute atomic E-state index is 12.6. The van der Waals surface area contributed by atoms with Gasteiger partial charge in [0.1, 0.15) is 5.75 Å². The number of halogens is 2. The van der Waals surface area contributed by atoms with Crippen molar-refractivity contribution in [3.05, 3.63) is 50.9 Å². The van der Waals surface area contributed by atoms with Crippen molar-refractivity contribution in [3.63, 3.8) is 0 Å². The number of benzene rings is 1. The van der Waals surface area contributed by atoms with Crippen molar-refractivity contribution in [2.45, 2.75) is 18.3 Å². The molecule has 0 N–H and O–H groups in total. The average Bonchev–Trinajstić information content (AvgIpc) is 2.48. The number of fused-ring (bicyclic) bond motifs is 4. The summed E-state index contributed by atoms with van der Waals surface area (Å²) < 4.78 is 5.73. The van der Waals surface area contributed by atoms with Crippen LogP contribution in [0.15, 0.2) is 35.3 Å². The summed E-state index contributed by atoms with van der Waals surface area (Å²) >= 11 is 13.6. The maximum Gasteiger partial charge on any atom is 0.194 e. The van der Waals surface area contributed by atoms with Crippen molar-refractivity contribution < 1.29 is 14.3 Å². The highest BCUT2D eigenvalue weighted by Crippen LogP contribution is 2.57. The molecule has 3 nitrogen and oxygen atoms in total. The van der Waals surface area contributed by atoms with Gasteiger partial charge in [-0.1, -0.05) is 47.1 Å². The van der Waals surface area contributed by atoms with Gasteiger partial charge in [-0.15, -0.1) is 0 Å². The Hall–Kier alpha value is -1.23. The molecule has 1 aromatic rings. The Morgan fingerprint density at radius 1 is 1.26 bits per heavy atom. The first-order chi connectivity index (χ1) is 11.0. The summed E-state index contributed by atoms with van der Waals surface area (Å²) in [4.78, 5) is 25.8. The molecule has 3 aliphatic rings. The zero-order valence-electron chi connectivity index (χ0n) is 12.0. The zero-order chi connectivity index (χ0) is 16.2. The molecule has 0 amide bonds. The Morgan fingerprint density at radius 3 is 2.91 bits per heavy atom. The molecule has 1 spiro atoms. The summed E-state index contributed by atoms with van der Waals surface area (Å²) in [6, 6.07) is 3.41. The van der Waals surface area contributed by atoms with Gasteiger partial charge in [0.25, 0.3) is 0 Å². The summed E-state index contributed by atoms with van der Waals surface area (Å²) in [6.45, 7) is 0.424. The Kier molecular flexibility index (Phi) is 3.59. The molecule has 4 rings (SSSR count). The van der Waals surface area contributed by atoms with E-state index in [-0.39, 0.29) is 23.2 Å². The second-order valence-electron chi connectivity index (χ2n) is 5.93. The van der Waals surface area contributed by atoms with Gasteiger partial charge in [-0.3, -0.25) is 9.59 Å². The highest BCUT2D eigenvalue weighted by Gasteiger charge is 2.53. The number of rotatable bonds is 0. The van der Waals surface area contributed by atoms with Gasteiger partial charge in [0.15, 0.2) is 10.9 Å². The quantitative estimate of drug-likeness (QED) is 0.685. The molecule has 23 heavy (non-hydrogen) atoms. The highest BCUT2D eigenvalue weighted by atomic mass is 35.5. The van der Waals surface area contributed by atoms with E-state index in [9.17, 15) is 9.59 Å². The molecule has 0 aromatic heterocycles. The number of carbonyl (C=O) groups is 2. The third-order valence-electron chi connectivity index (χ3n) is 4.67. The summed E-state index contributed by atoms with van der Waals surface area (Å²) in [5.41, 5.74) is 0.146. The molecule has 0 radical (unpaired) electrons. The second-order valence-corrected chi connectivity index (χ2v) is 7.91. The largest absolute Gasteiger partial charge is 0.492 e. The Balaban J connectivity index is 1.97. The van der Waals surface area contributed by atoms with E-state index in [1.54, 1.807) is 24.3 Å². The molecular weight excluding hydrogens is 355 g/mol. The van der Waals surface area contributed by atoms with Crippen LogP contribution in [0.5, 0.6) is 5.75 Å². The lowest BCUT2D eigenvalue weighted by Gasteiger charge is -2.47. The van der Waals surface area contributed by atoms with Crippen LogP contribution in [0.2, 0.25) is 10.0 Å². The van der Waals surface area contributed by atoms with Crippen LogP contribution < -0.4 is 4.74 Å². The summed E-state index contributed by atoms with van der Waals surface area (Å²) in [5, 5.41) is 0.953. The topological polar surface area (TPSA) is 43.4 Å². The van der Waals surface area contributed by atoms with Gasteiger partial charge in [0.2, 0.25) is 0 Å². The van der Waals surface area contributed by atoms with E-state index in [0.29, 0.717) is 28.8 Å². The minimum atomic E-state index is -0.627. The molecule has 118 valence electrons. The van der Waals surface area contributed by atoms with Gasteiger partial charge >= 0.3 is 0 Å². The third kappa shape index (κ3) is 2.27. The minimum Gasteiger partial charge on any atom is -0.492 e. The van der Waals surface area contributed by atoms with Crippen LogP contribution >= 0.6 is 35.0 Å². The molecule has 1 aromatic carbocycles. The van der Waals surface area contributed by atoms with Gasteiger partial charge in [-0.25, -0.2) is 0 Å². The molecule has 2 unspecified atom stereocenters. The molecule has 2 heterocycles. The fourth-order valence-corrected chi connectivity index (χ4v) is 5.51. The van der Waals surface area contributed by atoms with Crippen LogP contribution in [-0.4, -0.2) is 17.5 Å². The molecule has 1 aliphatic carbocycles. The van der Waals surface area contributed by atoms with E-state index in [1.807, 2.05) is 6.08 Å². The fraction of sp³-hybridized carbons (Fsp3) is 0.294. The zero-order valence-corrected chi connectivity index (χ0v) is 14.3. The smallest absolute Gasteiger partial charge is 0.194 e. The van der Waals surface area contributed by atoms with Gasteiger partial charge in [-0.05, 0) is 24.6 Å². The van der Waals surface area contributed by atoms with Crippen molar-refractivity contribution in [2.75, 3.05) is 6.61 Å². The van der Waals surface area contributed by atoms with Crippen LogP contribution in [0, 0.1) is 5.92 Å². The standard InChI is InChI=1S/C17H12Cl2O3S/c18-9-6-10-16(11(19)7-9)22-5-4-17(10)8-14(21)23-13-3-1-2-12(20)15(13)17/h1-3,6-7,15H,4-5,8H2. The molecule has 2 atom stereocenters. The number of hydrogen-bond donors (Lipinski definition) is 0. The Labute approximate surface area is 147 Å². The molecule has 2 aliphatic heterocycles. The van der Waals surface area contributed by atoms with Crippen molar-refractivity contribution in [3.8, 4) is 5.75 Å². The number of ether oxygens (including phenoxy) is 1. The van der Waals surface area contributed by atoms with Crippen LogP contribution in [0.25, 0.3) is 0 Å². The predicted octanol–water partition coefficient (Wildman–Crippen LogP) is 4.32. The second kappa shape index (κ2) is 5.40. The van der Waals surface area contributed by atoms with E-state index in [1.165, 1.54) is 11.8 Å². The first kappa shape index (κ1) is 15.3. The van der Waals surface area contributed by atoms with Crippen LogP contribution in [0.4, 0.5) is 0 Å². The number of ketones is 1. The van der Waals surface area contributed by atoms with Crippen molar-refractivity contribution >= 4 is 45.9 Å². The first-order valence-corrected chi connectivity index (χ1v) is 8.84. The fourth-order valence-electron chi connectivity index (χ4n) is 3.77. The van der Waals surface area contributed by atoms with Crippen LogP contribution in [0.3, 0.4) is 0 Å². The van der Waals surface area contributed by atoms with Crippen molar-refractivity contribution in [1.82, 2.24) is 0 Å². The van der Waals surface area contributed by atoms with Crippen molar-refractivity contribution in [1.29, 1.82) is 0 Å². The normalized spacial score (nSPS) is 29.0. The molecule has 1 saturated heterocycles. The van der Waals surface area contributed by atoms with Crippen molar-refractivity contribution in [2.24, 2.45) is 5.92 Å². The van der Waals surface area contributed by atoms with Gasteiger partial charge in [0.05, 0.1) is 17.5 Å². The summed E-state index contributed by atoms with van der Waals surface area (Å²) in [5.74, 6) is 0.197. The number of carbonyl (C=O) groups excluding carboxylic acids is 2. The molecular formula is C17H12Cl2O3S. The molecule has 0 bridgehead atoms. The lowest BCUT2D eigenvalue weighted by atomic mass is 9.62. The third-order valence-corrected chi connectivity index (χ3v) is 6.15. The maximum atomic E-state index is 12.6. The van der Waals surface area contributed by atoms with E-state index < -0.39 is 5.41 Å². The first-order valence-electron chi connectivity index (χ1n) is 7.26. The number of thioether (sulfide) groups is 1. The monoisotopic (exact) mass is 366 g/mol. The van der Waals surface area contributed by atoms with Gasteiger partial charge in [0, 0.05) is 27.3 Å². The van der Waals surface area contributed by atoms with E-state index in [2.05, 4.69) is 0 Å². The van der Waals surface area contributed by atoms with E-state index in [0.717, 1.165) is 10.5 Å². The Morgan fingerprint density at radius 2 is 2.09 bits per heavy atom. The van der Waals surface area contributed by atoms with E-state index >= 15 is 0 Å². The van der Waals surface area contributed by atoms with Gasteiger partial charge in [-0.2, -0.15) is 0 Å². The average molecular weight is 367 g/mol. The Bertz CT molecular complexity index is 799. The summed E-state index contributed by atoms with van der Waals surface area (Å²) in [7, 11) is 0. The molecule has 0 saturated carbocycles. The number of allylic oxidation sites excluding steroid dienone is 4. The predicted molar refractivity (Wildman–Crippen MR) is 91.2 cm³/mol. The number of hydrogen-bond acceptors (Lipinski definition) is 4. The lowest BCUT2D eigenvalue weighted by Crippen LogP contribution is -2.48. The van der Waals surface area contributed by atoms with Gasteiger partial charge < -0.3 is 4.74 Å². The molecule has 6 heteroatoms. The highest BCUT2D eigenvalue weighted by molar-refractivity contribution is 8.17. The molecule has 1 fully saturated rings. The SMILES string of the molecule is O=C1CC2(CCOc3c(Cl)cc(Cl)cc32)C2C(=O)C=CC=C2S1. The van der Waals surface area contributed by atoms with Crippen LogP contribution in [0.1, 0.15) is 18.4 Å². The minimum absolute atomic E-state index is 0.0199. The summed E-state index contributed by atoms with van der Waals surface area (Å²) in [6.07, 6.45) is 6.01. The lowest BCUT2D eigenvalue weighted by molar-refractivity contribution is -0.121.